The molecule has 1 aromatic rings. The fourth-order valence-electron chi connectivity index (χ4n) is 3.89. The molecule has 2 aliphatic rings. The summed E-state index contributed by atoms with van der Waals surface area (Å²) in [4.78, 5) is 32.9. The molecular weight excluding hydrogens is 360 g/mol. The molecule has 0 unspecified atom stereocenters. The van der Waals surface area contributed by atoms with Crippen molar-refractivity contribution in [3.8, 4) is 0 Å². The molecule has 8 heteroatoms. The summed E-state index contributed by atoms with van der Waals surface area (Å²) in [6, 6.07) is 3.94. The van der Waals surface area contributed by atoms with Crippen molar-refractivity contribution in [1.29, 1.82) is 0 Å². The molecule has 1 aromatic heterocycles. The van der Waals surface area contributed by atoms with Crippen LogP contribution in [-0.4, -0.2) is 78.3 Å². The van der Waals surface area contributed by atoms with Crippen LogP contribution in [0.25, 0.3) is 0 Å². The second-order valence-corrected chi connectivity index (χ2v) is 7.58. The van der Waals surface area contributed by atoms with E-state index in [1.807, 2.05) is 35.8 Å². The lowest BCUT2D eigenvalue weighted by Crippen LogP contribution is -2.65. The van der Waals surface area contributed by atoms with E-state index in [9.17, 15) is 9.59 Å². The normalized spacial score (nSPS) is 23.1. The third-order valence-corrected chi connectivity index (χ3v) is 5.27. The molecule has 0 saturated carbocycles. The number of urea groups is 1. The largest absolute Gasteiger partial charge is 0.382 e. The maximum Gasteiger partial charge on any atom is 0.317 e. The number of likely N-dealkylation sites (tertiary alicyclic amines) is 2. The zero-order chi connectivity index (χ0) is 20.1. The van der Waals surface area contributed by atoms with Crippen molar-refractivity contribution >= 4 is 11.9 Å². The second-order valence-electron chi connectivity index (χ2n) is 7.58. The van der Waals surface area contributed by atoms with Gasteiger partial charge in [-0.25, -0.2) is 4.79 Å². The van der Waals surface area contributed by atoms with Gasteiger partial charge in [-0.1, -0.05) is 0 Å². The summed E-state index contributed by atoms with van der Waals surface area (Å²) in [5.74, 6) is 0.0167. The van der Waals surface area contributed by atoms with Crippen molar-refractivity contribution in [3.63, 3.8) is 0 Å². The second kappa shape index (κ2) is 9.34. The van der Waals surface area contributed by atoms with Gasteiger partial charge in [0, 0.05) is 44.7 Å². The zero-order valence-electron chi connectivity index (χ0n) is 16.8. The third-order valence-electron chi connectivity index (χ3n) is 5.27. The highest BCUT2D eigenvalue weighted by molar-refractivity contribution is 5.89. The van der Waals surface area contributed by atoms with Gasteiger partial charge in [-0.05, 0) is 44.4 Å². The molecule has 154 valence electrons. The Morgan fingerprint density at radius 3 is 2.54 bits per heavy atom. The molecule has 2 saturated heterocycles. The number of methoxy groups -OCH3 is 1. The Balaban J connectivity index is 1.65. The predicted molar refractivity (Wildman–Crippen MR) is 104 cm³/mol. The quantitative estimate of drug-likeness (QED) is 0.564. The van der Waals surface area contributed by atoms with Crippen LogP contribution < -0.4 is 5.32 Å². The van der Waals surface area contributed by atoms with Crippen LogP contribution in [0.2, 0.25) is 0 Å². The van der Waals surface area contributed by atoms with E-state index in [4.69, 9.17) is 9.47 Å². The lowest BCUT2D eigenvalue weighted by atomic mass is 9.86. The number of pyridine rings is 1. The third kappa shape index (κ3) is 4.44. The highest BCUT2D eigenvalue weighted by atomic mass is 16.5. The average molecular weight is 390 g/mol. The smallest absolute Gasteiger partial charge is 0.317 e. The van der Waals surface area contributed by atoms with Crippen LogP contribution in [0.3, 0.4) is 0 Å². The van der Waals surface area contributed by atoms with Crippen LogP contribution in [0.15, 0.2) is 24.5 Å². The predicted octanol–water partition coefficient (Wildman–Crippen LogP) is 1.58. The minimum Gasteiger partial charge on any atom is -0.382 e. The number of nitrogens with one attached hydrogen (secondary N) is 1. The van der Waals surface area contributed by atoms with Crippen LogP contribution >= 0.6 is 0 Å². The Bertz CT molecular complexity index is 661. The highest BCUT2D eigenvalue weighted by Crippen LogP contribution is 2.40. The van der Waals surface area contributed by atoms with Crippen molar-refractivity contribution in [3.05, 3.63) is 30.1 Å². The van der Waals surface area contributed by atoms with Gasteiger partial charge < -0.3 is 24.6 Å². The summed E-state index contributed by atoms with van der Waals surface area (Å²) in [6.45, 7) is 6.03. The minimum atomic E-state index is -0.486. The first-order valence-electron chi connectivity index (χ1n) is 9.91. The van der Waals surface area contributed by atoms with E-state index in [-0.39, 0.29) is 30.1 Å². The van der Waals surface area contributed by atoms with Gasteiger partial charge >= 0.3 is 6.03 Å². The first-order chi connectivity index (χ1) is 13.5. The Hall–Kier alpha value is -2.19. The molecule has 8 nitrogen and oxygen atoms in total. The summed E-state index contributed by atoms with van der Waals surface area (Å²) in [5.41, 5.74) is 1.02. The Labute approximate surface area is 166 Å². The van der Waals surface area contributed by atoms with Crippen molar-refractivity contribution in [2.75, 3.05) is 33.4 Å². The molecule has 0 aromatic carbocycles. The topological polar surface area (TPSA) is 84.0 Å². The molecule has 1 N–H and O–H groups in total. The Kier molecular flexibility index (Phi) is 6.85. The van der Waals surface area contributed by atoms with E-state index < -0.39 is 6.10 Å². The lowest BCUT2D eigenvalue weighted by molar-refractivity contribution is -0.183. The fourth-order valence-corrected chi connectivity index (χ4v) is 3.89. The number of ether oxygens (including phenoxy) is 2. The van der Waals surface area contributed by atoms with Gasteiger partial charge in [0.05, 0.1) is 19.3 Å². The Morgan fingerprint density at radius 2 is 1.93 bits per heavy atom. The lowest BCUT2D eigenvalue weighted by Gasteiger charge is -2.52. The molecule has 0 bridgehead atoms. The van der Waals surface area contributed by atoms with Crippen LogP contribution in [0, 0.1) is 0 Å². The van der Waals surface area contributed by atoms with E-state index in [0.717, 1.165) is 18.4 Å². The molecule has 3 heterocycles. The fraction of sp³-hybridized carbons (Fsp3) is 0.650. The first-order valence-corrected chi connectivity index (χ1v) is 9.91. The molecule has 2 fully saturated rings. The monoisotopic (exact) mass is 390 g/mol. The van der Waals surface area contributed by atoms with E-state index in [1.165, 1.54) is 0 Å². The number of piperidine rings is 1. The number of carbonyl (C=O) groups is 2. The van der Waals surface area contributed by atoms with Crippen molar-refractivity contribution in [2.24, 2.45) is 0 Å². The number of hydrogen-bond acceptors (Lipinski definition) is 5. The van der Waals surface area contributed by atoms with Gasteiger partial charge in [0.1, 0.15) is 0 Å². The van der Waals surface area contributed by atoms with Crippen LogP contribution in [0.5, 0.6) is 0 Å². The standard InChI is InChI=1S/C20H30N4O4/c1-14(2)22-20(26)23-10-6-16(7-11-23)24-17(15-4-8-21-9-5-15)18(19(24)25)28-13-12-27-3/h4-5,8-9,14,16-18H,6-7,10-13H2,1-3H3,(H,22,26)/t17-,18+/m0/s1. The molecule has 0 radical (unpaired) electrons. The summed E-state index contributed by atoms with van der Waals surface area (Å²) in [6.07, 6.45) is 4.52. The molecule has 0 spiro atoms. The zero-order valence-corrected chi connectivity index (χ0v) is 16.8. The average Bonchev–Trinajstić information content (AvgIpc) is 2.69. The van der Waals surface area contributed by atoms with Crippen molar-refractivity contribution < 1.29 is 19.1 Å². The summed E-state index contributed by atoms with van der Waals surface area (Å²) in [7, 11) is 1.61. The van der Waals surface area contributed by atoms with Gasteiger partial charge in [0.25, 0.3) is 5.91 Å². The Morgan fingerprint density at radius 1 is 1.25 bits per heavy atom. The number of carbonyl (C=O) groups excluding carboxylic acids is 2. The van der Waals surface area contributed by atoms with Crippen molar-refractivity contribution in [1.82, 2.24) is 20.1 Å². The van der Waals surface area contributed by atoms with Crippen molar-refractivity contribution in [2.45, 2.75) is 50.9 Å². The number of aromatic nitrogens is 1. The highest BCUT2D eigenvalue weighted by Gasteiger charge is 2.52. The summed E-state index contributed by atoms with van der Waals surface area (Å²) < 4.78 is 10.8. The van der Waals surface area contributed by atoms with E-state index in [2.05, 4.69) is 10.3 Å². The van der Waals surface area contributed by atoms with Gasteiger partial charge in [-0.2, -0.15) is 0 Å². The first kappa shape index (κ1) is 20.5. The molecule has 2 aliphatic heterocycles. The number of rotatable bonds is 7. The van der Waals surface area contributed by atoms with E-state index >= 15 is 0 Å². The summed E-state index contributed by atoms with van der Waals surface area (Å²) in [5, 5.41) is 2.93. The molecule has 2 atom stereocenters. The maximum absolute atomic E-state index is 12.9. The van der Waals surface area contributed by atoms with Gasteiger partial charge in [-0.3, -0.25) is 9.78 Å². The molecule has 28 heavy (non-hydrogen) atoms. The molecule has 3 rings (SSSR count). The number of amides is 3. The van der Waals surface area contributed by atoms with Gasteiger partial charge in [-0.15, -0.1) is 0 Å². The minimum absolute atomic E-state index is 0.0167. The van der Waals surface area contributed by atoms with Crippen LogP contribution in [0.1, 0.15) is 38.3 Å². The van der Waals surface area contributed by atoms with Crippen LogP contribution in [-0.2, 0) is 14.3 Å². The molecule has 3 amide bonds. The van der Waals surface area contributed by atoms with E-state index in [0.29, 0.717) is 26.3 Å². The molecule has 0 aliphatic carbocycles. The van der Waals surface area contributed by atoms with Gasteiger partial charge in [0.2, 0.25) is 0 Å². The number of nitrogens with zero attached hydrogens (tertiary/aromatic N) is 3. The van der Waals surface area contributed by atoms with E-state index in [1.54, 1.807) is 19.5 Å². The van der Waals surface area contributed by atoms with Gasteiger partial charge in [0.15, 0.2) is 6.10 Å². The number of β-lactam (4-membered cyclic amide) rings is 1. The molecular formula is C20H30N4O4. The maximum atomic E-state index is 12.9. The SMILES string of the molecule is COCCO[C@H]1C(=O)N(C2CCN(C(=O)NC(C)C)CC2)[C@H]1c1ccncc1. The van der Waals surface area contributed by atoms with Crippen LogP contribution in [0.4, 0.5) is 4.79 Å². The number of hydrogen-bond donors (Lipinski definition) is 1. The summed E-state index contributed by atoms with van der Waals surface area (Å²) >= 11 is 0.